The number of carbonyl (C=O) groups excluding carboxylic acids is 3. The second-order valence-corrected chi connectivity index (χ2v) is 13.6. The number of imide groups is 1. The van der Waals surface area contributed by atoms with Crippen LogP contribution in [0.2, 0.25) is 0 Å². The molecule has 7 rings (SSSR count). The maximum atomic E-state index is 14.6. The molecule has 4 aromatic rings. The predicted octanol–water partition coefficient (Wildman–Crippen LogP) is 3.48. The number of amides is 3. The van der Waals surface area contributed by atoms with Crippen molar-refractivity contribution in [2.24, 2.45) is 0 Å². The Balaban J connectivity index is 0.842. The fourth-order valence-corrected chi connectivity index (χ4v) is 7.71. The first-order valence-corrected chi connectivity index (χ1v) is 18.5. The van der Waals surface area contributed by atoms with E-state index in [4.69, 9.17) is 28.7 Å². The molecule has 1 saturated heterocycles. The minimum absolute atomic E-state index is 0.00323. The summed E-state index contributed by atoms with van der Waals surface area (Å²) in [4.78, 5) is 46.3. The summed E-state index contributed by atoms with van der Waals surface area (Å²) in [6.07, 6.45) is 3.39. The highest BCUT2D eigenvalue weighted by molar-refractivity contribution is 7.22. The van der Waals surface area contributed by atoms with Gasteiger partial charge in [0.05, 0.1) is 94.8 Å². The van der Waals surface area contributed by atoms with Crippen LogP contribution < -0.4 is 4.90 Å². The van der Waals surface area contributed by atoms with Crippen LogP contribution >= 0.6 is 11.3 Å². The third-order valence-electron chi connectivity index (χ3n) is 9.30. The summed E-state index contributed by atoms with van der Waals surface area (Å²) < 4.78 is 45.5. The van der Waals surface area contributed by atoms with Crippen LogP contribution in [-0.4, -0.2) is 129 Å². The van der Waals surface area contributed by atoms with Crippen LogP contribution in [-0.2, 0) is 51.0 Å². The van der Waals surface area contributed by atoms with Gasteiger partial charge in [0.1, 0.15) is 5.82 Å². The molecule has 3 aliphatic rings. The second kappa shape index (κ2) is 17.1. The van der Waals surface area contributed by atoms with Crippen LogP contribution in [0.15, 0.2) is 48.6 Å². The lowest BCUT2D eigenvalue weighted by Crippen LogP contribution is -2.36. The lowest BCUT2D eigenvalue weighted by atomic mass is 10.0. The van der Waals surface area contributed by atoms with Gasteiger partial charge in [-0.1, -0.05) is 11.3 Å². The van der Waals surface area contributed by atoms with Crippen LogP contribution in [0.5, 0.6) is 0 Å². The van der Waals surface area contributed by atoms with Crippen molar-refractivity contribution in [1.29, 1.82) is 0 Å². The van der Waals surface area contributed by atoms with E-state index in [0.29, 0.717) is 72.4 Å². The molecule has 13 nitrogen and oxygen atoms in total. The van der Waals surface area contributed by atoms with Gasteiger partial charge in [-0.2, -0.15) is 0 Å². The van der Waals surface area contributed by atoms with Gasteiger partial charge in [-0.3, -0.25) is 19.3 Å². The third kappa shape index (κ3) is 8.35. The highest BCUT2D eigenvalue weighted by Gasteiger charge is 2.28. The zero-order valence-electron chi connectivity index (χ0n) is 28.9. The lowest BCUT2D eigenvalue weighted by Gasteiger charge is -2.28. The first-order chi connectivity index (χ1) is 25.5. The molecule has 2 aromatic heterocycles. The minimum atomic E-state index is -0.321. The smallest absolute Gasteiger partial charge is 0.253 e. The van der Waals surface area contributed by atoms with Crippen molar-refractivity contribution in [2.75, 3.05) is 97.1 Å². The number of carbonyl (C=O) groups is 3. The van der Waals surface area contributed by atoms with E-state index >= 15 is 0 Å². The molecule has 5 heterocycles. The topological polar surface area (TPSA) is 125 Å². The normalized spacial score (nSPS) is 16.2. The van der Waals surface area contributed by atoms with E-state index in [1.165, 1.54) is 18.2 Å². The molecule has 0 N–H and O–H groups in total. The minimum Gasteiger partial charge on any atom is -0.379 e. The van der Waals surface area contributed by atoms with Gasteiger partial charge in [-0.05, 0) is 36.4 Å². The zero-order valence-corrected chi connectivity index (χ0v) is 29.7. The van der Waals surface area contributed by atoms with Crippen molar-refractivity contribution in [2.45, 2.75) is 19.4 Å². The highest BCUT2D eigenvalue weighted by Crippen LogP contribution is 2.37. The lowest BCUT2D eigenvalue weighted by molar-refractivity contribution is -0.138. The number of nitrogens with zero attached hydrogens (tertiary/aromatic N) is 5. The molecule has 0 atom stereocenters. The summed E-state index contributed by atoms with van der Waals surface area (Å²) in [7, 11) is 0. The van der Waals surface area contributed by atoms with Crippen LogP contribution in [0.4, 0.5) is 9.52 Å². The fraction of sp³-hybridized carbons (Fsp3) is 0.459. The van der Waals surface area contributed by atoms with E-state index in [9.17, 15) is 18.8 Å². The second-order valence-electron chi connectivity index (χ2n) is 12.6. The van der Waals surface area contributed by atoms with Gasteiger partial charge in [0.15, 0.2) is 5.13 Å². The van der Waals surface area contributed by atoms with Crippen molar-refractivity contribution >= 4 is 55.3 Å². The first kappa shape index (κ1) is 36.1. The number of hydrogen-bond donors (Lipinski definition) is 0. The Bertz CT molecular complexity index is 1920. The molecule has 0 aliphatic carbocycles. The number of hydrogen-bond acceptors (Lipinski definition) is 11. The van der Waals surface area contributed by atoms with E-state index in [1.54, 1.807) is 17.4 Å². The molecule has 0 unspecified atom stereocenters. The molecule has 1 fully saturated rings. The Labute approximate surface area is 304 Å². The molecular formula is C37H42FN5O8S. The maximum Gasteiger partial charge on any atom is 0.253 e. The van der Waals surface area contributed by atoms with Crippen molar-refractivity contribution in [3.05, 3.63) is 65.6 Å². The van der Waals surface area contributed by atoms with E-state index in [-0.39, 0.29) is 49.7 Å². The van der Waals surface area contributed by atoms with Crippen molar-refractivity contribution in [1.82, 2.24) is 19.4 Å². The maximum absolute atomic E-state index is 14.6. The number of thiazole rings is 1. The summed E-state index contributed by atoms with van der Waals surface area (Å²) in [5.74, 6) is -0.950. The van der Waals surface area contributed by atoms with Gasteiger partial charge in [0, 0.05) is 67.1 Å². The van der Waals surface area contributed by atoms with Gasteiger partial charge in [0.2, 0.25) is 5.91 Å². The molecule has 0 saturated carbocycles. The van der Waals surface area contributed by atoms with E-state index in [0.717, 1.165) is 61.2 Å². The molecular weight excluding hydrogens is 693 g/mol. The van der Waals surface area contributed by atoms with Gasteiger partial charge in [-0.25, -0.2) is 9.37 Å². The van der Waals surface area contributed by atoms with Crippen LogP contribution in [0.25, 0.3) is 26.8 Å². The molecule has 2 aromatic carbocycles. The third-order valence-corrected chi connectivity index (χ3v) is 10.4. The number of fused-ring (bicyclic) bond motifs is 4. The summed E-state index contributed by atoms with van der Waals surface area (Å²) in [5.41, 5.74) is 4.94. The number of anilines is 1. The predicted molar refractivity (Wildman–Crippen MR) is 192 cm³/mol. The first-order valence-electron chi connectivity index (χ1n) is 17.6. The summed E-state index contributed by atoms with van der Waals surface area (Å²) in [6, 6.07) is 11.2. The van der Waals surface area contributed by atoms with Crippen LogP contribution in [0.3, 0.4) is 0 Å². The van der Waals surface area contributed by atoms with E-state index in [2.05, 4.69) is 27.7 Å². The molecule has 52 heavy (non-hydrogen) atoms. The SMILES string of the molecule is O=C(CCOCCOCCOCCOCCN1C(=O)C=CC1=O)N1CCc2c(c3cc(F)ccc3n2-c2ccc3nc(N4CCOCC4)sc3c2)C1. The summed E-state index contributed by atoms with van der Waals surface area (Å²) in [6.45, 7) is 7.02. The number of ether oxygens (including phenoxy) is 5. The standard InChI is InChI=1S/C37H42FN5O8S/c38-26-1-4-31-28(23-26)29-25-41(9-7-32(29)43(31)27-2-3-30-33(24-27)52-37(39-30)40-10-14-48-15-11-40)34(44)8-13-47-17-19-50-21-22-51-20-18-49-16-12-42-35(45)5-6-36(42)46/h1-6,23-24H,7-22,25H2. The van der Waals surface area contributed by atoms with Gasteiger partial charge in [0.25, 0.3) is 11.8 Å². The molecule has 276 valence electrons. The summed E-state index contributed by atoms with van der Waals surface area (Å²) >= 11 is 1.67. The van der Waals surface area contributed by atoms with E-state index in [1.807, 2.05) is 11.0 Å². The van der Waals surface area contributed by atoms with E-state index < -0.39 is 0 Å². The fourth-order valence-electron chi connectivity index (χ4n) is 6.66. The molecule has 0 spiro atoms. The van der Waals surface area contributed by atoms with Crippen LogP contribution in [0, 0.1) is 5.82 Å². The van der Waals surface area contributed by atoms with Crippen molar-refractivity contribution in [3.8, 4) is 5.69 Å². The number of halogens is 1. The average molecular weight is 736 g/mol. The Morgan fingerprint density at radius 2 is 1.54 bits per heavy atom. The Hall–Kier alpha value is -4.25. The monoisotopic (exact) mass is 735 g/mol. The Morgan fingerprint density at radius 3 is 2.27 bits per heavy atom. The quantitative estimate of drug-likeness (QED) is 0.118. The van der Waals surface area contributed by atoms with Gasteiger partial charge in [-0.15, -0.1) is 0 Å². The summed E-state index contributed by atoms with van der Waals surface area (Å²) in [5, 5.41) is 1.82. The molecule has 15 heteroatoms. The largest absolute Gasteiger partial charge is 0.379 e. The number of benzene rings is 2. The number of rotatable bonds is 17. The van der Waals surface area contributed by atoms with Gasteiger partial charge >= 0.3 is 0 Å². The van der Waals surface area contributed by atoms with Crippen molar-refractivity contribution in [3.63, 3.8) is 0 Å². The molecule has 3 amide bonds. The average Bonchev–Trinajstić information content (AvgIpc) is 3.84. The Kier molecular flexibility index (Phi) is 11.8. The highest BCUT2D eigenvalue weighted by atomic mass is 32.1. The Morgan fingerprint density at radius 1 is 0.846 bits per heavy atom. The zero-order chi connectivity index (χ0) is 35.9. The van der Waals surface area contributed by atoms with Gasteiger partial charge < -0.3 is 38.1 Å². The molecule has 0 bridgehead atoms. The number of morpholine rings is 1. The molecule has 0 radical (unpaired) electrons. The van der Waals surface area contributed by atoms with Crippen molar-refractivity contribution < 1.29 is 42.5 Å². The van der Waals surface area contributed by atoms with Crippen LogP contribution in [0.1, 0.15) is 17.7 Å². The molecule has 3 aliphatic heterocycles. The number of aromatic nitrogens is 2.